The number of benzene rings is 1. The van der Waals surface area contributed by atoms with Crippen LogP contribution in [0.15, 0.2) is 24.3 Å². The molecule has 4 amide bonds. The van der Waals surface area contributed by atoms with Crippen LogP contribution in [0.3, 0.4) is 0 Å². The van der Waals surface area contributed by atoms with Crippen LogP contribution in [0.1, 0.15) is 45.1 Å². The first-order valence-corrected chi connectivity index (χ1v) is 11.9. The molecule has 0 aliphatic carbocycles. The van der Waals surface area contributed by atoms with Crippen molar-refractivity contribution in [1.29, 1.82) is 0 Å². The number of phenolic OH excluding ortho intramolecular Hbond substituents is 1. The zero-order valence-corrected chi connectivity index (χ0v) is 21.2. The van der Waals surface area contributed by atoms with Gasteiger partial charge in [-0.3, -0.25) is 24.0 Å². The first-order chi connectivity index (χ1) is 17.7. The normalized spacial score (nSPS) is 14.0. The van der Waals surface area contributed by atoms with E-state index in [-0.39, 0.29) is 30.9 Å². The van der Waals surface area contributed by atoms with Crippen LogP contribution in [0.5, 0.6) is 5.75 Å². The van der Waals surface area contributed by atoms with E-state index in [1.54, 1.807) is 13.8 Å². The number of carboxylic acids is 2. The average molecular weight is 538 g/mol. The molecule has 0 radical (unpaired) electrons. The van der Waals surface area contributed by atoms with E-state index in [0.717, 1.165) is 0 Å². The van der Waals surface area contributed by atoms with Gasteiger partial charge in [-0.2, -0.15) is 0 Å². The second-order valence-electron chi connectivity index (χ2n) is 9.23. The van der Waals surface area contributed by atoms with Crippen molar-refractivity contribution in [3.05, 3.63) is 29.8 Å². The van der Waals surface area contributed by atoms with Crippen LogP contribution in [-0.2, 0) is 35.2 Å². The molecule has 0 heterocycles. The van der Waals surface area contributed by atoms with Crippen LogP contribution in [0, 0.1) is 5.92 Å². The van der Waals surface area contributed by atoms with Gasteiger partial charge in [0.2, 0.25) is 23.6 Å². The number of primary amides is 1. The Bertz CT molecular complexity index is 1010. The summed E-state index contributed by atoms with van der Waals surface area (Å²) in [5.41, 5.74) is 11.3. The molecule has 1 rings (SSSR count). The van der Waals surface area contributed by atoms with Crippen molar-refractivity contribution in [1.82, 2.24) is 16.0 Å². The molecule has 1 aromatic carbocycles. The van der Waals surface area contributed by atoms with Crippen molar-refractivity contribution in [3.8, 4) is 5.75 Å². The highest BCUT2D eigenvalue weighted by Gasteiger charge is 2.31. The number of amides is 4. The first-order valence-electron chi connectivity index (χ1n) is 11.9. The monoisotopic (exact) mass is 537 g/mol. The molecular formula is C24H35N5O9. The second kappa shape index (κ2) is 15.1. The fraction of sp³-hybridized carbons (Fsp3) is 0.500. The molecule has 210 valence electrons. The third-order valence-corrected chi connectivity index (χ3v) is 5.37. The zero-order chi connectivity index (χ0) is 29.0. The number of carboxylic acid groups (broad SMARTS) is 2. The topological polar surface area (TPSA) is 251 Å². The largest absolute Gasteiger partial charge is 0.508 e. The highest BCUT2D eigenvalue weighted by molar-refractivity contribution is 5.95. The lowest BCUT2D eigenvalue weighted by molar-refractivity contribution is -0.143. The van der Waals surface area contributed by atoms with Gasteiger partial charge in [0.05, 0.1) is 12.5 Å². The summed E-state index contributed by atoms with van der Waals surface area (Å²) in [6, 6.07) is 0.481. The number of carbonyl (C=O) groups is 6. The molecule has 0 aliphatic rings. The SMILES string of the molecule is CC(C)CC(NC(=O)C(Cc1ccc(O)cc1)NC(=O)C(N)CC(N)=O)C(=O)NC(CCC(=O)O)C(=O)O. The number of aromatic hydroxyl groups is 1. The summed E-state index contributed by atoms with van der Waals surface area (Å²) >= 11 is 0. The number of nitrogens with one attached hydrogen (secondary N) is 3. The average Bonchev–Trinajstić information content (AvgIpc) is 2.80. The number of carbonyl (C=O) groups excluding carboxylic acids is 4. The Morgan fingerprint density at radius 3 is 1.87 bits per heavy atom. The van der Waals surface area contributed by atoms with E-state index in [9.17, 15) is 39.0 Å². The molecule has 14 heteroatoms. The van der Waals surface area contributed by atoms with E-state index in [4.69, 9.17) is 16.6 Å². The number of hydrogen-bond donors (Lipinski definition) is 8. The number of phenols is 1. The number of rotatable bonds is 16. The minimum absolute atomic E-state index is 0.0215. The van der Waals surface area contributed by atoms with Gasteiger partial charge in [0.1, 0.15) is 23.9 Å². The van der Waals surface area contributed by atoms with E-state index in [1.807, 2.05) is 0 Å². The van der Waals surface area contributed by atoms with Gasteiger partial charge in [-0.05, 0) is 36.5 Å². The van der Waals surface area contributed by atoms with Gasteiger partial charge >= 0.3 is 11.9 Å². The highest BCUT2D eigenvalue weighted by Crippen LogP contribution is 2.13. The molecule has 38 heavy (non-hydrogen) atoms. The molecule has 0 bridgehead atoms. The zero-order valence-electron chi connectivity index (χ0n) is 21.2. The summed E-state index contributed by atoms with van der Waals surface area (Å²) in [4.78, 5) is 72.2. The van der Waals surface area contributed by atoms with Gasteiger partial charge in [-0.1, -0.05) is 26.0 Å². The van der Waals surface area contributed by atoms with Gasteiger partial charge in [0.15, 0.2) is 0 Å². The molecule has 0 aliphatic heterocycles. The predicted octanol–water partition coefficient (Wildman–Crippen LogP) is -1.41. The lowest BCUT2D eigenvalue weighted by atomic mass is 10.00. The van der Waals surface area contributed by atoms with Crippen molar-refractivity contribution in [2.45, 2.75) is 70.1 Å². The Balaban J connectivity index is 3.14. The molecular weight excluding hydrogens is 502 g/mol. The molecule has 0 fully saturated rings. The van der Waals surface area contributed by atoms with Crippen LogP contribution >= 0.6 is 0 Å². The summed E-state index contributed by atoms with van der Waals surface area (Å²) < 4.78 is 0. The fourth-order valence-corrected chi connectivity index (χ4v) is 3.44. The lowest BCUT2D eigenvalue weighted by Crippen LogP contribution is -2.58. The lowest BCUT2D eigenvalue weighted by Gasteiger charge is -2.26. The quantitative estimate of drug-likeness (QED) is 0.122. The molecule has 4 atom stereocenters. The molecule has 0 saturated heterocycles. The van der Waals surface area contributed by atoms with Crippen LogP contribution in [0.4, 0.5) is 0 Å². The Labute approximate surface area is 219 Å². The number of nitrogens with two attached hydrogens (primary N) is 2. The third kappa shape index (κ3) is 11.7. The minimum Gasteiger partial charge on any atom is -0.508 e. The molecule has 14 nitrogen and oxygen atoms in total. The second-order valence-corrected chi connectivity index (χ2v) is 9.23. The standard InChI is InChI=1S/C24H35N5O9/c1-12(2)9-17(22(35)27-16(24(37)38)7-8-20(32)33)29-23(36)18(10-13-3-5-14(30)6-4-13)28-21(34)15(25)11-19(26)31/h3-6,12,15-18,30H,7-11,25H2,1-2H3,(H2,26,31)(H,27,35)(H,28,34)(H,29,36)(H,32,33)(H,37,38). The number of hydrogen-bond acceptors (Lipinski definition) is 8. The smallest absolute Gasteiger partial charge is 0.326 e. The predicted molar refractivity (Wildman–Crippen MR) is 133 cm³/mol. The van der Waals surface area contributed by atoms with E-state index in [1.165, 1.54) is 24.3 Å². The van der Waals surface area contributed by atoms with Crippen molar-refractivity contribution in [2.75, 3.05) is 0 Å². The van der Waals surface area contributed by atoms with Crippen molar-refractivity contribution in [3.63, 3.8) is 0 Å². The molecule has 0 aromatic heterocycles. The Hall–Kier alpha value is -4.20. The van der Waals surface area contributed by atoms with Gasteiger partial charge < -0.3 is 42.7 Å². The summed E-state index contributed by atoms with van der Waals surface area (Å²) in [7, 11) is 0. The Morgan fingerprint density at radius 2 is 1.37 bits per heavy atom. The summed E-state index contributed by atoms with van der Waals surface area (Å²) in [5, 5.41) is 34.9. The van der Waals surface area contributed by atoms with Gasteiger partial charge in [0, 0.05) is 12.8 Å². The van der Waals surface area contributed by atoms with Crippen LogP contribution in [-0.4, -0.2) is 75.1 Å². The van der Waals surface area contributed by atoms with Crippen LogP contribution in [0.2, 0.25) is 0 Å². The van der Waals surface area contributed by atoms with Crippen LogP contribution in [0.25, 0.3) is 0 Å². The first kappa shape index (κ1) is 31.8. The number of aliphatic carboxylic acids is 2. The molecule has 4 unspecified atom stereocenters. The maximum Gasteiger partial charge on any atom is 0.326 e. The fourth-order valence-electron chi connectivity index (χ4n) is 3.44. The van der Waals surface area contributed by atoms with Crippen LogP contribution < -0.4 is 27.4 Å². The maximum absolute atomic E-state index is 13.2. The Morgan fingerprint density at radius 1 is 0.842 bits per heavy atom. The Kier molecular flexibility index (Phi) is 12.7. The maximum atomic E-state index is 13.2. The van der Waals surface area contributed by atoms with E-state index in [0.29, 0.717) is 5.56 Å². The van der Waals surface area contributed by atoms with Crippen molar-refractivity contribution in [2.24, 2.45) is 17.4 Å². The van der Waals surface area contributed by atoms with Gasteiger partial charge in [-0.25, -0.2) is 4.79 Å². The van der Waals surface area contributed by atoms with Gasteiger partial charge in [0.25, 0.3) is 0 Å². The molecule has 10 N–H and O–H groups in total. The van der Waals surface area contributed by atoms with Crippen molar-refractivity contribution < 1.29 is 44.1 Å². The van der Waals surface area contributed by atoms with E-state index < -0.39 is 72.6 Å². The summed E-state index contributed by atoms with van der Waals surface area (Å²) in [6.07, 6.45) is -1.30. The highest BCUT2D eigenvalue weighted by atomic mass is 16.4. The van der Waals surface area contributed by atoms with E-state index >= 15 is 0 Å². The molecule has 0 spiro atoms. The van der Waals surface area contributed by atoms with Gasteiger partial charge in [-0.15, -0.1) is 0 Å². The minimum atomic E-state index is -1.50. The summed E-state index contributed by atoms with van der Waals surface area (Å²) in [6.45, 7) is 3.54. The summed E-state index contributed by atoms with van der Waals surface area (Å²) in [5.74, 6) is -6.12. The third-order valence-electron chi connectivity index (χ3n) is 5.37. The molecule has 1 aromatic rings. The van der Waals surface area contributed by atoms with E-state index in [2.05, 4.69) is 16.0 Å². The molecule has 0 saturated carbocycles. The van der Waals surface area contributed by atoms with Crippen molar-refractivity contribution >= 4 is 35.6 Å².